The zero-order chi connectivity index (χ0) is 12.4. The van der Waals surface area contributed by atoms with Crippen molar-refractivity contribution in [3.63, 3.8) is 0 Å². The molecule has 0 radical (unpaired) electrons. The van der Waals surface area contributed by atoms with Crippen molar-refractivity contribution < 1.29 is 0 Å². The smallest absolute Gasteiger partial charge is 0.193 e. The van der Waals surface area contributed by atoms with Gasteiger partial charge in [0.25, 0.3) is 0 Å². The predicted molar refractivity (Wildman–Crippen MR) is 88.8 cm³/mol. The van der Waals surface area contributed by atoms with Gasteiger partial charge in [0.15, 0.2) is 5.96 Å². The maximum absolute atomic E-state index is 5.90. The summed E-state index contributed by atoms with van der Waals surface area (Å²) >= 11 is 0. The van der Waals surface area contributed by atoms with Gasteiger partial charge in [-0.05, 0) is 49.4 Å². The number of aliphatic imine (C=N–C) groups is 1. The largest absolute Gasteiger partial charge is 0.370 e. The van der Waals surface area contributed by atoms with Crippen molar-refractivity contribution in [2.75, 3.05) is 5.32 Å². The summed E-state index contributed by atoms with van der Waals surface area (Å²) in [7, 11) is 0. The van der Waals surface area contributed by atoms with E-state index in [0.29, 0.717) is 12.0 Å². The van der Waals surface area contributed by atoms with Gasteiger partial charge in [-0.25, -0.2) is 4.99 Å². The number of anilines is 1. The van der Waals surface area contributed by atoms with Gasteiger partial charge in [-0.3, -0.25) is 0 Å². The second kappa shape index (κ2) is 6.41. The summed E-state index contributed by atoms with van der Waals surface area (Å²) < 4.78 is 0. The van der Waals surface area contributed by atoms with Crippen molar-refractivity contribution in [1.29, 1.82) is 0 Å². The minimum atomic E-state index is 0. The van der Waals surface area contributed by atoms with Crippen LogP contribution in [0, 0.1) is 19.8 Å². The molecule has 1 fully saturated rings. The molecule has 2 atom stereocenters. The number of aryl methyl sites for hydroxylation is 2. The third-order valence-electron chi connectivity index (χ3n) is 3.21. The van der Waals surface area contributed by atoms with Gasteiger partial charge in [0.05, 0.1) is 6.04 Å². The zero-order valence-electron chi connectivity index (χ0n) is 11.2. The Bertz CT molecular complexity index is 422. The van der Waals surface area contributed by atoms with Crippen LogP contribution in [-0.2, 0) is 0 Å². The average molecular weight is 359 g/mol. The lowest BCUT2D eigenvalue weighted by Crippen LogP contribution is -2.23. The van der Waals surface area contributed by atoms with Gasteiger partial charge < -0.3 is 11.1 Å². The first-order valence-corrected chi connectivity index (χ1v) is 6.27. The van der Waals surface area contributed by atoms with Gasteiger partial charge in [0, 0.05) is 5.69 Å². The average Bonchev–Trinajstić information content (AvgIpc) is 2.94. The Balaban J connectivity index is 0.00000162. The first-order chi connectivity index (χ1) is 8.08. The number of hydrogen-bond donors (Lipinski definition) is 2. The number of nitrogens with one attached hydrogen (secondary N) is 1. The third kappa shape index (κ3) is 4.15. The lowest BCUT2D eigenvalue weighted by molar-refractivity contribution is 0.759. The van der Waals surface area contributed by atoms with Crippen molar-refractivity contribution in [2.24, 2.45) is 16.6 Å². The third-order valence-corrected chi connectivity index (χ3v) is 3.21. The van der Waals surface area contributed by atoms with Crippen LogP contribution in [0.4, 0.5) is 5.69 Å². The van der Waals surface area contributed by atoms with Crippen molar-refractivity contribution in [3.05, 3.63) is 29.3 Å². The highest BCUT2D eigenvalue weighted by atomic mass is 127. The van der Waals surface area contributed by atoms with Gasteiger partial charge in [0.1, 0.15) is 0 Å². The monoisotopic (exact) mass is 359 g/mol. The number of nitrogens with two attached hydrogens (primary N) is 1. The molecule has 100 valence electrons. The van der Waals surface area contributed by atoms with E-state index in [4.69, 9.17) is 5.73 Å². The van der Waals surface area contributed by atoms with Gasteiger partial charge in [0.2, 0.25) is 0 Å². The molecule has 0 unspecified atom stereocenters. The lowest BCUT2D eigenvalue weighted by Gasteiger charge is -2.07. The van der Waals surface area contributed by atoms with Crippen LogP contribution in [0.1, 0.15) is 30.9 Å². The molecule has 0 aliphatic heterocycles. The Labute approximate surface area is 126 Å². The van der Waals surface area contributed by atoms with Crippen LogP contribution in [-0.4, -0.2) is 12.0 Å². The van der Waals surface area contributed by atoms with E-state index in [-0.39, 0.29) is 24.0 Å². The Morgan fingerprint density at radius 3 is 2.44 bits per heavy atom. The van der Waals surface area contributed by atoms with E-state index in [1.54, 1.807) is 0 Å². The van der Waals surface area contributed by atoms with E-state index >= 15 is 0 Å². The topological polar surface area (TPSA) is 50.4 Å². The maximum Gasteiger partial charge on any atom is 0.193 e. The molecule has 1 aromatic carbocycles. The molecule has 18 heavy (non-hydrogen) atoms. The lowest BCUT2D eigenvalue weighted by atomic mass is 10.1. The normalized spacial score (nSPS) is 22.3. The van der Waals surface area contributed by atoms with Gasteiger partial charge in [-0.15, -0.1) is 24.0 Å². The van der Waals surface area contributed by atoms with E-state index in [1.165, 1.54) is 24.0 Å². The number of hydrogen-bond acceptors (Lipinski definition) is 1. The summed E-state index contributed by atoms with van der Waals surface area (Å²) in [5, 5.41) is 3.17. The van der Waals surface area contributed by atoms with Gasteiger partial charge >= 0.3 is 0 Å². The number of benzene rings is 1. The molecule has 0 heterocycles. The van der Waals surface area contributed by atoms with Crippen LogP contribution in [0.25, 0.3) is 0 Å². The van der Waals surface area contributed by atoms with E-state index in [2.05, 4.69) is 49.3 Å². The number of guanidine groups is 1. The van der Waals surface area contributed by atoms with Crippen molar-refractivity contribution in [3.8, 4) is 0 Å². The molecule has 1 aliphatic carbocycles. The van der Waals surface area contributed by atoms with E-state index < -0.39 is 0 Å². The van der Waals surface area contributed by atoms with Crippen molar-refractivity contribution in [1.82, 2.24) is 0 Å². The van der Waals surface area contributed by atoms with Crippen LogP contribution in [0.15, 0.2) is 23.2 Å². The van der Waals surface area contributed by atoms with E-state index in [0.717, 1.165) is 11.6 Å². The Morgan fingerprint density at radius 2 is 1.94 bits per heavy atom. The first-order valence-electron chi connectivity index (χ1n) is 6.27. The van der Waals surface area contributed by atoms with Gasteiger partial charge in [-0.2, -0.15) is 0 Å². The molecule has 1 saturated carbocycles. The van der Waals surface area contributed by atoms with E-state index in [9.17, 15) is 0 Å². The highest BCUT2D eigenvalue weighted by molar-refractivity contribution is 14.0. The molecule has 1 aliphatic rings. The fraction of sp³-hybridized carbons (Fsp3) is 0.500. The molecule has 0 saturated heterocycles. The zero-order valence-corrected chi connectivity index (χ0v) is 13.6. The second-order valence-corrected chi connectivity index (χ2v) is 4.99. The Morgan fingerprint density at radius 1 is 1.33 bits per heavy atom. The van der Waals surface area contributed by atoms with Crippen LogP contribution in [0.5, 0.6) is 0 Å². The first kappa shape index (κ1) is 15.3. The molecular formula is C14H22IN3. The highest BCUT2D eigenvalue weighted by Crippen LogP contribution is 2.36. The summed E-state index contributed by atoms with van der Waals surface area (Å²) in [6.45, 7) is 6.37. The highest BCUT2D eigenvalue weighted by Gasteiger charge is 2.35. The van der Waals surface area contributed by atoms with Crippen LogP contribution in [0.3, 0.4) is 0 Å². The number of nitrogens with zero attached hydrogens (tertiary/aromatic N) is 1. The molecule has 3 nitrogen and oxygen atoms in total. The minimum Gasteiger partial charge on any atom is -0.370 e. The molecule has 2 rings (SSSR count). The standard InChI is InChI=1S/C14H21N3.HI/c1-4-11-8-13(11)17-14(15)16-12-6-9(2)5-10(3)7-12;/h5-7,11,13H,4,8H2,1-3H3,(H3,15,16,17);1H/t11-,13-;/m1./s1. The van der Waals surface area contributed by atoms with Crippen LogP contribution < -0.4 is 11.1 Å². The molecule has 4 heteroatoms. The Kier molecular flexibility index (Phi) is 5.44. The predicted octanol–water partition coefficient (Wildman–Crippen LogP) is 3.45. The summed E-state index contributed by atoms with van der Waals surface area (Å²) in [5.41, 5.74) is 9.40. The molecule has 0 aromatic heterocycles. The fourth-order valence-electron chi connectivity index (χ4n) is 2.23. The SMILES string of the molecule is CC[C@@H]1C[C@H]1N=C(N)Nc1cc(C)cc(C)c1.I. The molecule has 0 bridgehead atoms. The maximum atomic E-state index is 5.90. The van der Waals surface area contributed by atoms with Crippen molar-refractivity contribution >= 4 is 35.6 Å². The second-order valence-electron chi connectivity index (χ2n) is 4.99. The van der Waals surface area contributed by atoms with E-state index in [1.807, 2.05) is 0 Å². The number of halogens is 1. The van der Waals surface area contributed by atoms with Crippen molar-refractivity contribution in [2.45, 2.75) is 39.7 Å². The Hall–Kier alpha value is -0.780. The fourth-order valence-corrected chi connectivity index (χ4v) is 2.23. The molecular weight excluding hydrogens is 337 g/mol. The minimum absolute atomic E-state index is 0. The summed E-state index contributed by atoms with van der Waals surface area (Å²) in [5.74, 6) is 1.28. The molecule has 3 N–H and O–H groups in total. The quantitative estimate of drug-likeness (QED) is 0.494. The summed E-state index contributed by atoms with van der Waals surface area (Å²) in [6, 6.07) is 6.75. The molecule has 1 aromatic rings. The van der Waals surface area contributed by atoms with Crippen LogP contribution >= 0.6 is 24.0 Å². The molecule has 0 amide bonds. The molecule has 0 spiro atoms. The number of rotatable bonds is 3. The van der Waals surface area contributed by atoms with Crippen LogP contribution in [0.2, 0.25) is 0 Å². The van der Waals surface area contributed by atoms with Gasteiger partial charge in [-0.1, -0.05) is 19.4 Å². The summed E-state index contributed by atoms with van der Waals surface area (Å²) in [6.07, 6.45) is 2.39. The summed E-state index contributed by atoms with van der Waals surface area (Å²) in [4.78, 5) is 4.48.